The maximum atomic E-state index is 12.9. The summed E-state index contributed by atoms with van der Waals surface area (Å²) >= 11 is 0. The van der Waals surface area contributed by atoms with Gasteiger partial charge in [0, 0.05) is 21.1 Å². The molecule has 0 N–H and O–H groups in total. The van der Waals surface area contributed by atoms with E-state index in [4.69, 9.17) is 0 Å². The average molecular weight is 463 g/mol. The SMILES string of the molecule is CCCC[Si](N(C)C(=O)C(F)(F)F)(N(C)C(=O)C(F)(F)F)N(C)C(=O)C(F)(F)F. The second kappa shape index (κ2) is 8.79. The van der Waals surface area contributed by atoms with E-state index >= 15 is 0 Å². The highest BCUT2D eigenvalue weighted by molar-refractivity contribution is 6.77. The Morgan fingerprint density at radius 1 is 0.655 bits per heavy atom. The molecule has 6 nitrogen and oxygen atoms in total. The fraction of sp³-hybridized carbons (Fsp3) is 0.769. The summed E-state index contributed by atoms with van der Waals surface area (Å²) in [6, 6.07) is -0.877. The standard InChI is InChI=1S/C13H18F9N3O3Si/c1-5-6-7-29(23(2)8(26)11(14,15)16,24(3)9(27)12(17,18)19)25(4)10(28)13(20,21)22/h5-7H2,1-4H3. The Labute approximate surface area is 160 Å². The monoisotopic (exact) mass is 463 g/mol. The number of rotatable bonds is 6. The molecule has 29 heavy (non-hydrogen) atoms. The molecule has 0 saturated carbocycles. The number of amides is 3. The van der Waals surface area contributed by atoms with Crippen molar-refractivity contribution >= 4 is 26.3 Å². The average Bonchev–Trinajstić information content (AvgIpc) is 2.56. The first-order chi connectivity index (χ1) is 12.8. The molecule has 0 saturated heterocycles. The first kappa shape index (κ1) is 27.0. The molecule has 0 atom stereocenters. The quantitative estimate of drug-likeness (QED) is 0.450. The zero-order chi connectivity index (χ0) is 23.6. The van der Waals surface area contributed by atoms with Gasteiger partial charge in [0.2, 0.25) is 0 Å². The molecule has 0 aromatic carbocycles. The van der Waals surface area contributed by atoms with Gasteiger partial charge in [-0.3, -0.25) is 14.4 Å². The van der Waals surface area contributed by atoms with Crippen molar-refractivity contribution in [2.75, 3.05) is 21.1 Å². The molecule has 170 valence electrons. The minimum absolute atomic E-state index is 0.0743. The van der Waals surface area contributed by atoms with E-state index in [-0.39, 0.29) is 26.5 Å². The van der Waals surface area contributed by atoms with Crippen LogP contribution in [-0.2, 0) is 14.4 Å². The fourth-order valence-corrected chi connectivity index (χ4v) is 7.19. The summed E-state index contributed by atoms with van der Waals surface area (Å²) in [4.78, 5) is 35.2. The van der Waals surface area contributed by atoms with E-state index in [1.54, 1.807) is 0 Å². The summed E-state index contributed by atoms with van der Waals surface area (Å²) in [5, 5.41) is 0. The molecule has 0 unspecified atom stereocenters. The van der Waals surface area contributed by atoms with Gasteiger partial charge in [0.1, 0.15) is 0 Å². The van der Waals surface area contributed by atoms with Crippen molar-refractivity contribution < 1.29 is 53.9 Å². The second-order valence-corrected chi connectivity index (χ2v) is 10.0. The molecule has 0 aliphatic carbocycles. The molecule has 0 rings (SSSR count). The molecule has 0 fully saturated rings. The summed E-state index contributed by atoms with van der Waals surface area (Å²) < 4.78 is 115. The number of halogens is 9. The molecule has 0 bridgehead atoms. The Morgan fingerprint density at radius 3 is 1.07 bits per heavy atom. The number of carbonyl (C=O) groups is 3. The lowest BCUT2D eigenvalue weighted by molar-refractivity contribution is -0.187. The minimum Gasteiger partial charge on any atom is -0.330 e. The highest BCUT2D eigenvalue weighted by Crippen LogP contribution is 2.34. The van der Waals surface area contributed by atoms with Gasteiger partial charge in [0.25, 0.3) is 0 Å². The molecule has 16 heteroatoms. The molecular weight excluding hydrogens is 445 g/mol. The van der Waals surface area contributed by atoms with Crippen molar-refractivity contribution in [3.05, 3.63) is 0 Å². The third-order valence-electron chi connectivity index (χ3n) is 4.12. The van der Waals surface area contributed by atoms with Crippen LogP contribution in [0.5, 0.6) is 0 Å². The largest absolute Gasteiger partial charge is 0.470 e. The van der Waals surface area contributed by atoms with E-state index in [1.807, 2.05) is 0 Å². The summed E-state index contributed by atoms with van der Waals surface area (Å²) in [5.41, 5.74) is 0. The van der Waals surface area contributed by atoms with Gasteiger partial charge in [-0.2, -0.15) is 39.5 Å². The highest BCUT2D eigenvalue weighted by atomic mass is 28.4. The van der Waals surface area contributed by atoms with Crippen LogP contribution in [0.4, 0.5) is 39.5 Å². The zero-order valence-electron chi connectivity index (χ0n) is 15.6. The molecule has 0 spiro atoms. The number of alkyl halides is 9. The number of unbranched alkanes of at least 4 members (excludes halogenated alkanes) is 1. The van der Waals surface area contributed by atoms with Gasteiger partial charge >= 0.3 is 44.8 Å². The van der Waals surface area contributed by atoms with E-state index in [1.165, 1.54) is 6.92 Å². The predicted molar refractivity (Wildman–Crippen MR) is 81.9 cm³/mol. The van der Waals surface area contributed by atoms with Crippen molar-refractivity contribution in [1.82, 2.24) is 13.7 Å². The Morgan fingerprint density at radius 2 is 0.897 bits per heavy atom. The molecule has 0 heterocycles. The van der Waals surface area contributed by atoms with Gasteiger partial charge in [0.05, 0.1) is 0 Å². The normalized spacial score (nSPS) is 13.1. The first-order valence-corrected chi connectivity index (χ1v) is 9.86. The van der Waals surface area contributed by atoms with E-state index in [0.717, 1.165) is 0 Å². The molecule has 0 aliphatic rings. The number of hydrogen-bond donors (Lipinski definition) is 0. The summed E-state index contributed by atoms with van der Waals surface area (Å²) in [6.45, 7) is 1.42. The summed E-state index contributed by atoms with van der Waals surface area (Å²) in [5.74, 6) is -8.36. The topological polar surface area (TPSA) is 60.9 Å². The van der Waals surface area contributed by atoms with Crippen LogP contribution in [0, 0.1) is 0 Å². The Kier molecular flexibility index (Phi) is 8.18. The minimum atomic E-state index is -5.68. The lowest BCUT2D eigenvalue weighted by Gasteiger charge is -2.49. The Bertz CT molecular complexity index is 555. The Hall–Kier alpha value is -2.00. The van der Waals surface area contributed by atoms with Gasteiger partial charge in [-0.25, -0.2) is 0 Å². The van der Waals surface area contributed by atoms with E-state index in [0.29, 0.717) is 21.1 Å². The van der Waals surface area contributed by atoms with Crippen LogP contribution in [0.3, 0.4) is 0 Å². The maximum Gasteiger partial charge on any atom is 0.470 e. The fourth-order valence-electron chi connectivity index (χ4n) is 2.65. The van der Waals surface area contributed by atoms with Crippen LogP contribution in [0.15, 0.2) is 0 Å². The number of hydrogen-bond acceptors (Lipinski definition) is 3. The van der Waals surface area contributed by atoms with Crippen molar-refractivity contribution in [2.24, 2.45) is 0 Å². The van der Waals surface area contributed by atoms with Crippen molar-refractivity contribution in [3.63, 3.8) is 0 Å². The van der Waals surface area contributed by atoms with Crippen LogP contribution in [-0.4, -0.2) is 79.6 Å². The third-order valence-corrected chi connectivity index (χ3v) is 8.98. The van der Waals surface area contributed by atoms with Crippen LogP contribution >= 0.6 is 0 Å². The highest BCUT2D eigenvalue weighted by Gasteiger charge is 2.63. The van der Waals surface area contributed by atoms with E-state index < -0.39 is 50.9 Å². The van der Waals surface area contributed by atoms with Crippen LogP contribution in [0.2, 0.25) is 6.04 Å². The molecule has 0 aromatic heterocycles. The van der Waals surface area contributed by atoms with Gasteiger partial charge in [-0.15, -0.1) is 0 Å². The van der Waals surface area contributed by atoms with Gasteiger partial charge in [-0.1, -0.05) is 19.8 Å². The van der Waals surface area contributed by atoms with E-state index in [9.17, 15) is 53.9 Å². The maximum absolute atomic E-state index is 12.9. The zero-order valence-corrected chi connectivity index (χ0v) is 16.6. The van der Waals surface area contributed by atoms with Crippen molar-refractivity contribution in [1.29, 1.82) is 0 Å². The molecular formula is C13H18F9N3O3Si. The van der Waals surface area contributed by atoms with Crippen LogP contribution < -0.4 is 0 Å². The van der Waals surface area contributed by atoms with Gasteiger partial charge in [0.15, 0.2) is 0 Å². The number of nitrogens with zero attached hydrogens (tertiary/aromatic N) is 3. The molecule has 0 aromatic rings. The molecule has 0 radical (unpaired) electrons. The van der Waals surface area contributed by atoms with Crippen LogP contribution in [0.25, 0.3) is 0 Å². The summed E-state index contributed by atoms with van der Waals surface area (Å²) in [6.07, 6.45) is -17.2. The molecule has 0 aliphatic heterocycles. The van der Waals surface area contributed by atoms with Crippen molar-refractivity contribution in [2.45, 2.75) is 44.3 Å². The van der Waals surface area contributed by atoms with E-state index in [2.05, 4.69) is 0 Å². The lowest BCUT2D eigenvalue weighted by atomic mass is 10.4. The van der Waals surface area contributed by atoms with Crippen LogP contribution in [0.1, 0.15) is 19.8 Å². The Balaban J connectivity index is 6.87. The molecule has 3 amide bonds. The smallest absolute Gasteiger partial charge is 0.330 e. The van der Waals surface area contributed by atoms with Gasteiger partial charge in [-0.05, 0) is 6.04 Å². The predicted octanol–water partition coefficient (Wildman–Crippen LogP) is 2.79. The van der Waals surface area contributed by atoms with Gasteiger partial charge < -0.3 is 13.7 Å². The third kappa shape index (κ3) is 5.76. The second-order valence-electron chi connectivity index (χ2n) is 5.96. The lowest BCUT2D eigenvalue weighted by Crippen LogP contribution is -2.78. The summed E-state index contributed by atoms with van der Waals surface area (Å²) in [7, 11) is -4.40. The number of carbonyl (C=O) groups excluding carboxylic acids is 3. The first-order valence-electron chi connectivity index (χ1n) is 7.81. The van der Waals surface area contributed by atoms with Crippen molar-refractivity contribution in [3.8, 4) is 0 Å².